The Hall–Kier alpha value is -1.33. The maximum atomic E-state index is 13.0. The summed E-state index contributed by atoms with van der Waals surface area (Å²) in [5.41, 5.74) is 5.05. The molecule has 3 heterocycles. The van der Waals surface area contributed by atoms with Crippen molar-refractivity contribution in [2.75, 3.05) is 0 Å². The van der Waals surface area contributed by atoms with Crippen LogP contribution in [0.15, 0.2) is 10.5 Å². The second-order valence-corrected chi connectivity index (χ2v) is 9.07. The van der Waals surface area contributed by atoms with Gasteiger partial charge in [0.15, 0.2) is 0 Å². The van der Waals surface area contributed by atoms with Crippen molar-refractivity contribution in [2.45, 2.75) is 71.1 Å². The molecule has 5 heteroatoms. The van der Waals surface area contributed by atoms with Crippen LogP contribution < -0.4 is 5.32 Å². The molecule has 1 fully saturated rings. The van der Waals surface area contributed by atoms with Crippen molar-refractivity contribution in [1.29, 1.82) is 0 Å². The quantitative estimate of drug-likeness (QED) is 0.706. The monoisotopic (exact) mass is 404 g/mol. The van der Waals surface area contributed by atoms with Gasteiger partial charge in [0.1, 0.15) is 5.60 Å². The number of aryl methyl sites for hydroxylation is 1. The Morgan fingerprint density at radius 3 is 2.80 bits per heavy atom. The smallest absolute Gasteiger partial charge is 0.340 e. The van der Waals surface area contributed by atoms with Crippen molar-refractivity contribution >= 4 is 32.8 Å². The lowest BCUT2D eigenvalue weighted by Crippen LogP contribution is -2.31. The van der Waals surface area contributed by atoms with Gasteiger partial charge in [0.05, 0.1) is 11.1 Å². The Balaban J connectivity index is 1.98. The highest BCUT2D eigenvalue weighted by atomic mass is 79.9. The molecular weight excluding hydrogens is 380 g/mol. The van der Waals surface area contributed by atoms with Gasteiger partial charge >= 0.3 is 5.97 Å². The number of nitrogens with one attached hydrogen (secondary N) is 2. The molecule has 2 atom stereocenters. The number of hydrogen-bond donors (Lipinski definition) is 2. The van der Waals surface area contributed by atoms with Crippen LogP contribution in [-0.2, 0) is 17.6 Å². The molecule has 2 N–H and O–H groups in total. The predicted molar refractivity (Wildman–Crippen MR) is 103 cm³/mol. The van der Waals surface area contributed by atoms with Crippen molar-refractivity contribution in [3.8, 4) is 0 Å². The van der Waals surface area contributed by atoms with E-state index in [1.807, 2.05) is 20.8 Å². The number of H-pyrrole nitrogens is 1. The number of carbonyl (C=O) groups is 1. The average Bonchev–Trinajstić information content (AvgIpc) is 3.07. The number of halogens is 1. The van der Waals surface area contributed by atoms with Crippen molar-refractivity contribution in [3.05, 3.63) is 32.9 Å². The molecule has 134 valence electrons. The van der Waals surface area contributed by atoms with Crippen LogP contribution in [0.4, 0.5) is 0 Å². The van der Waals surface area contributed by atoms with Gasteiger partial charge in [-0.1, -0.05) is 6.92 Å². The molecule has 2 unspecified atom stereocenters. The fourth-order valence-electron chi connectivity index (χ4n) is 4.29. The van der Waals surface area contributed by atoms with Crippen molar-refractivity contribution < 1.29 is 9.53 Å². The Labute approximate surface area is 156 Å². The fraction of sp³-hybridized carbons (Fsp3) is 0.550. The van der Waals surface area contributed by atoms with Gasteiger partial charge in [-0.25, -0.2) is 4.79 Å². The van der Waals surface area contributed by atoms with Crippen LogP contribution in [0.3, 0.4) is 0 Å². The largest absolute Gasteiger partial charge is 0.456 e. The average molecular weight is 405 g/mol. The van der Waals surface area contributed by atoms with E-state index >= 15 is 0 Å². The van der Waals surface area contributed by atoms with Crippen LogP contribution >= 0.6 is 15.9 Å². The molecule has 0 aliphatic carbocycles. The van der Waals surface area contributed by atoms with Crippen LogP contribution in [-0.4, -0.2) is 22.6 Å². The summed E-state index contributed by atoms with van der Waals surface area (Å²) in [6.45, 7) is 7.88. The molecule has 2 aromatic rings. The van der Waals surface area contributed by atoms with Crippen molar-refractivity contribution in [1.82, 2.24) is 10.3 Å². The third-order valence-corrected chi connectivity index (χ3v) is 5.88. The Morgan fingerprint density at radius 2 is 2.12 bits per heavy atom. The van der Waals surface area contributed by atoms with E-state index < -0.39 is 5.60 Å². The minimum Gasteiger partial charge on any atom is -0.456 e. The van der Waals surface area contributed by atoms with Gasteiger partial charge in [0, 0.05) is 34.1 Å². The molecule has 1 aromatic heterocycles. The van der Waals surface area contributed by atoms with Gasteiger partial charge in [0.2, 0.25) is 0 Å². The van der Waals surface area contributed by atoms with Gasteiger partial charge in [-0.2, -0.15) is 0 Å². The first kappa shape index (κ1) is 17.1. The number of carbonyl (C=O) groups excluding carboxylic acids is 1. The second kappa shape index (κ2) is 5.85. The molecule has 0 amide bonds. The minimum atomic E-state index is -0.515. The normalized spacial score (nSPS) is 22.3. The van der Waals surface area contributed by atoms with E-state index in [0.717, 1.165) is 34.6 Å². The highest BCUT2D eigenvalue weighted by Crippen LogP contribution is 2.44. The first-order chi connectivity index (χ1) is 11.8. The molecule has 0 saturated carbocycles. The second-order valence-electron chi connectivity index (χ2n) is 8.21. The number of esters is 1. The number of aromatic nitrogens is 1. The Morgan fingerprint density at radius 1 is 1.36 bits per heavy atom. The summed E-state index contributed by atoms with van der Waals surface area (Å²) in [6, 6.07) is 2.96. The number of hydrogen-bond acceptors (Lipinski definition) is 3. The van der Waals surface area contributed by atoms with E-state index in [9.17, 15) is 4.79 Å². The van der Waals surface area contributed by atoms with E-state index in [4.69, 9.17) is 4.74 Å². The molecule has 25 heavy (non-hydrogen) atoms. The van der Waals surface area contributed by atoms with E-state index in [1.165, 1.54) is 23.2 Å². The number of ether oxygens (including phenoxy) is 1. The van der Waals surface area contributed by atoms with Crippen LogP contribution in [0, 0.1) is 0 Å². The van der Waals surface area contributed by atoms with Crippen molar-refractivity contribution in [3.63, 3.8) is 0 Å². The Bertz CT molecular complexity index is 863. The topological polar surface area (TPSA) is 54.1 Å². The molecule has 4 rings (SSSR count). The summed E-state index contributed by atoms with van der Waals surface area (Å²) < 4.78 is 6.55. The summed E-state index contributed by atoms with van der Waals surface area (Å²) in [5, 5.41) is 4.76. The molecule has 1 aromatic carbocycles. The first-order valence-corrected chi connectivity index (χ1v) is 9.93. The lowest BCUT2D eigenvalue weighted by atomic mass is 9.94. The van der Waals surface area contributed by atoms with Crippen LogP contribution in [0.2, 0.25) is 0 Å². The number of benzene rings is 1. The fourth-order valence-corrected chi connectivity index (χ4v) is 4.93. The van der Waals surface area contributed by atoms with Gasteiger partial charge in [-0.05, 0) is 73.2 Å². The molecule has 4 nitrogen and oxygen atoms in total. The maximum absolute atomic E-state index is 13.0. The number of fused-ring (bicyclic) bond motifs is 6. The van der Waals surface area contributed by atoms with Gasteiger partial charge in [-0.15, -0.1) is 0 Å². The van der Waals surface area contributed by atoms with E-state index in [1.54, 1.807) is 0 Å². The first-order valence-electron chi connectivity index (χ1n) is 9.13. The van der Waals surface area contributed by atoms with Gasteiger partial charge in [-0.3, -0.25) is 0 Å². The summed E-state index contributed by atoms with van der Waals surface area (Å²) in [5.74, 6) is -0.256. The zero-order chi connectivity index (χ0) is 17.9. The third-order valence-electron chi connectivity index (χ3n) is 5.25. The Kier molecular flexibility index (Phi) is 4.00. The van der Waals surface area contributed by atoms with E-state index in [0.29, 0.717) is 17.6 Å². The van der Waals surface area contributed by atoms with Crippen molar-refractivity contribution in [2.24, 2.45) is 0 Å². The minimum absolute atomic E-state index is 0.256. The zero-order valence-electron chi connectivity index (χ0n) is 15.3. The molecule has 0 spiro atoms. The van der Waals surface area contributed by atoms with Crippen LogP contribution in [0.1, 0.15) is 73.8 Å². The molecule has 1 saturated heterocycles. The number of rotatable bonds is 2. The maximum Gasteiger partial charge on any atom is 0.340 e. The summed E-state index contributed by atoms with van der Waals surface area (Å²) >= 11 is 3.65. The molecule has 2 aliphatic heterocycles. The van der Waals surface area contributed by atoms with Crippen LogP contribution in [0.25, 0.3) is 10.9 Å². The lowest BCUT2D eigenvalue weighted by molar-refractivity contribution is 0.00708. The van der Waals surface area contributed by atoms with Gasteiger partial charge < -0.3 is 15.0 Å². The number of aromatic amines is 1. The highest BCUT2D eigenvalue weighted by Gasteiger charge is 2.37. The molecule has 2 aliphatic rings. The standard InChI is InChI=1S/C20H25BrN2O2/c1-5-10-8-12(21)15(19(24)25-20(2,3)4)17-16-13-7-6-11(22-13)9-14(16)23-18(10)17/h8,11,13,22-23H,5-7,9H2,1-4H3. The van der Waals surface area contributed by atoms with E-state index in [2.05, 4.69) is 39.2 Å². The SMILES string of the molecule is CCc1cc(Br)c(C(=O)OC(C)(C)C)c2c3c([nH]c12)CC1CCC3N1. The summed E-state index contributed by atoms with van der Waals surface area (Å²) in [6.07, 6.45) is 4.26. The molecular formula is C20H25BrN2O2. The van der Waals surface area contributed by atoms with Gasteiger partial charge in [0.25, 0.3) is 0 Å². The molecule has 0 radical (unpaired) electrons. The lowest BCUT2D eigenvalue weighted by Gasteiger charge is -2.23. The molecule has 2 bridgehead atoms. The zero-order valence-corrected chi connectivity index (χ0v) is 16.8. The summed E-state index contributed by atoms with van der Waals surface area (Å²) in [4.78, 5) is 16.7. The van der Waals surface area contributed by atoms with Crippen LogP contribution in [0.5, 0.6) is 0 Å². The van der Waals surface area contributed by atoms with E-state index in [-0.39, 0.29) is 5.97 Å². The predicted octanol–water partition coefficient (Wildman–Crippen LogP) is 4.80. The summed E-state index contributed by atoms with van der Waals surface area (Å²) in [7, 11) is 0. The highest BCUT2D eigenvalue weighted by molar-refractivity contribution is 9.10. The third kappa shape index (κ3) is 2.81.